The van der Waals surface area contributed by atoms with E-state index >= 15 is 0 Å². The van der Waals surface area contributed by atoms with Crippen LogP contribution in [0, 0.1) is 13.8 Å². The summed E-state index contributed by atoms with van der Waals surface area (Å²) in [6, 6.07) is 3.94. The van der Waals surface area contributed by atoms with E-state index in [1.807, 2.05) is 32.9 Å². The zero-order valence-corrected chi connectivity index (χ0v) is 11.7. The third kappa shape index (κ3) is 2.48. The summed E-state index contributed by atoms with van der Waals surface area (Å²) < 4.78 is 10.0. The van der Waals surface area contributed by atoms with Crippen molar-refractivity contribution in [2.75, 3.05) is 7.11 Å². The highest BCUT2D eigenvalue weighted by Gasteiger charge is 2.40. The van der Waals surface area contributed by atoms with Gasteiger partial charge in [0.1, 0.15) is 5.75 Å². The number of hydrogen-bond acceptors (Lipinski definition) is 4. The molecule has 1 aromatic carbocycles. The second-order valence-corrected chi connectivity index (χ2v) is 5.40. The van der Waals surface area contributed by atoms with Crippen molar-refractivity contribution in [3.63, 3.8) is 0 Å². The van der Waals surface area contributed by atoms with Crippen LogP contribution in [-0.2, 0) is 19.7 Å². The fourth-order valence-electron chi connectivity index (χ4n) is 2.52. The quantitative estimate of drug-likeness (QED) is 0.606. The van der Waals surface area contributed by atoms with E-state index in [1.165, 1.54) is 0 Å². The maximum atomic E-state index is 11.5. The molecule has 102 valence electrons. The fraction of sp³-hybridized carbons (Fsp3) is 0.467. The van der Waals surface area contributed by atoms with Crippen molar-refractivity contribution in [1.29, 1.82) is 0 Å². The highest BCUT2D eigenvalue weighted by atomic mass is 16.6. The zero-order chi connectivity index (χ0) is 14.2. The lowest BCUT2D eigenvalue weighted by Gasteiger charge is -2.33. The third-order valence-electron chi connectivity index (χ3n) is 3.76. The molecule has 0 unspecified atom stereocenters. The Morgan fingerprint density at radius 1 is 1.11 bits per heavy atom. The maximum absolute atomic E-state index is 11.5. The van der Waals surface area contributed by atoms with Crippen LogP contribution in [0.3, 0.4) is 0 Å². The van der Waals surface area contributed by atoms with Crippen molar-refractivity contribution < 1.29 is 19.1 Å². The van der Waals surface area contributed by atoms with Gasteiger partial charge in [0.2, 0.25) is 0 Å². The topological polar surface area (TPSA) is 52.6 Å². The minimum Gasteiger partial charge on any atom is -0.496 e. The van der Waals surface area contributed by atoms with Gasteiger partial charge < -0.3 is 9.47 Å². The van der Waals surface area contributed by atoms with E-state index in [4.69, 9.17) is 4.74 Å². The van der Waals surface area contributed by atoms with E-state index in [0.717, 1.165) is 16.7 Å². The number of rotatable bonds is 2. The number of carbonyl (C=O) groups is 2. The van der Waals surface area contributed by atoms with Gasteiger partial charge in [-0.1, -0.05) is 13.0 Å². The number of esters is 2. The number of methoxy groups -OCH3 is 1. The molecule has 0 aromatic heterocycles. The summed E-state index contributed by atoms with van der Waals surface area (Å²) in [5.74, 6) is -0.230. The van der Waals surface area contributed by atoms with E-state index < -0.39 is 17.4 Å². The molecule has 0 atom stereocenters. The van der Waals surface area contributed by atoms with E-state index in [1.54, 1.807) is 7.11 Å². The summed E-state index contributed by atoms with van der Waals surface area (Å²) in [5, 5.41) is 0. The molecule has 0 bridgehead atoms. The predicted molar refractivity (Wildman–Crippen MR) is 70.2 cm³/mol. The van der Waals surface area contributed by atoms with E-state index in [-0.39, 0.29) is 12.8 Å². The van der Waals surface area contributed by atoms with Gasteiger partial charge in [0, 0.05) is 11.0 Å². The molecule has 1 aromatic rings. The van der Waals surface area contributed by atoms with E-state index in [2.05, 4.69) is 4.74 Å². The van der Waals surface area contributed by atoms with E-state index in [0.29, 0.717) is 5.75 Å². The van der Waals surface area contributed by atoms with Crippen molar-refractivity contribution in [3.8, 4) is 5.75 Å². The molecule has 2 rings (SSSR count). The van der Waals surface area contributed by atoms with Crippen LogP contribution in [0.5, 0.6) is 5.75 Å². The lowest BCUT2D eigenvalue weighted by Crippen LogP contribution is -2.37. The van der Waals surface area contributed by atoms with Gasteiger partial charge in [0.05, 0.1) is 20.0 Å². The summed E-state index contributed by atoms with van der Waals surface area (Å²) in [4.78, 5) is 23.1. The maximum Gasteiger partial charge on any atom is 0.314 e. The second kappa shape index (κ2) is 4.68. The Labute approximate surface area is 112 Å². The summed E-state index contributed by atoms with van der Waals surface area (Å²) >= 11 is 0. The standard InChI is InChI=1S/C15H18O4/c1-9-5-11(12(18-4)6-10(9)2)15(3)7-13(16)19-14(17)8-15/h5-6H,7-8H2,1-4H3. The van der Waals surface area contributed by atoms with Crippen LogP contribution in [0.1, 0.15) is 36.5 Å². The molecule has 1 aliphatic rings. The molecule has 0 radical (unpaired) electrons. The first-order valence-corrected chi connectivity index (χ1v) is 6.25. The van der Waals surface area contributed by atoms with Gasteiger partial charge in [-0.25, -0.2) is 0 Å². The van der Waals surface area contributed by atoms with Gasteiger partial charge in [-0.3, -0.25) is 9.59 Å². The summed E-state index contributed by atoms with van der Waals surface area (Å²) in [6.07, 6.45) is 0.384. The number of carbonyl (C=O) groups excluding carboxylic acids is 2. The van der Waals surface area contributed by atoms with Crippen molar-refractivity contribution in [1.82, 2.24) is 0 Å². The number of aryl methyl sites for hydroxylation is 2. The first-order chi connectivity index (χ1) is 8.85. The van der Waals surface area contributed by atoms with Crippen LogP contribution >= 0.6 is 0 Å². The Balaban J connectivity index is 2.53. The number of hydrogen-bond donors (Lipinski definition) is 0. The van der Waals surface area contributed by atoms with Crippen LogP contribution < -0.4 is 4.74 Å². The second-order valence-electron chi connectivity index (χ2n) is 5.40. The minimum absolute atomic E-state index is 0.192. The Bertz CT molecular complexity index is 529. The van der Waals surface area contributed by atoms with Crippen molar-refractivity contribution in [3.05, 3.63) is 28.8 Å². The molecule has 0 amide bonds. The Kier molecular flexibility index (Phi) is 3.35. The molecule has 4 heteroatoms. The van der Waals surface area contributed by atoms with Gasteiger partial charge in [0.15, 0.2) is 0 Å². The molecule has 1 fully saturated rings. The summed E-state index contributed by atoms with van der Waals surface area (Å²) in [6.45, 7) is 5.91. The molecule has 0 aliphatic carbocycles. The first-order valence-electron chi connectivity index (χ1n) is 6.25. The highest BCUT2D eigenvalue weighted by Crippen LogP contribution is 2.41. The Morgan fingerprint density at radius 3 is 2.16 bits per heavy atom. The van der Waals surface area contributed by atoms with Gasteiger partial charge in [-0.2, -0.15) is 0 Å². The van der Waals surface area contributed by atoms with Crippen molar-refractivity contribution in [2.45, 2.75) is 39.0 Å². The van der Waals surface area contributed by atoms with E-state index in [9.17, 15) is 9.59 Å². The van der Waals surface area contributed by atoms with Crippen LogP contribution in [0.4, 0.5) is 0 Å². The first kappa shape index (κ1) is 13.6. The normalized spacial score (nSPS) is 18.1. The minimum atomic E-state index is -0.559. The lowest BCUT2D eigenvalue weighted by atomic mass is 9.74. The van der Waals surface area contributed by atoms with Crippen LogP contribution in [0.2, 0.25) is 0 Å². The number of benzene rings is 1. The molecule has 19 heavy (non-hydrogen) atoms. The molecule has 0 saturated carbocycles. The Morgan fingerprint density at radius 2 is 1.63 bits per heavy atom. The average molecular weight is 262 g/mol. The van der Waals surface area contributed by atoms with Gasteiger partial charge in [0.25, 0.3) is 0 Å². The predicted octanol–water partition coefficient (Wildman–Crippen LogP) is 2.43. The third-order valence-corrected chi connectivity index (χ3v) is 3.76. The highest BCUT2D eigenvalue weighted by molar-refractivity contribution is 5.90. The fourth-order valence-corrected chi connectivity index (χ4v) is 2.52. The molecular formula is C15H18O4. The lowest BCUT2D eigenvalue weighted by molar-refractivity contribution is -0.166. The molecule has 0 N–H and O–H groups in total. The SMILES string of the molecule is COc1cc(C)c(C)cc1C1(C)CC(=O)OC(=O)C1. The average Bonchev–Trinajstić information content (AvgIpc) is 2.30. The Hall–Kier alpha value is -1.84. The molecule has 0 spiro atoms. The largest absolute Gasteiger partial charge is 0.496 e. The molecular weight excluding hydrogens is 244 g/mol. The van der Waals surface area contributed by atoms with Crippen LogP contribution in [0.25, 0.3) is 0 Å². The molecule has 1 heterocycles. The number of ether oxygens (including phenoxy) is 2. The van der Waals surface area contributed by atoms with Gasteiger partial charge in [-0.15, -0.1) is 0 Å². The van der Waals surface area contributed by atoms with Crippen molar-refractivity contribution in [2.24, 2.45) is 0 Å². The van der Waals surface area contributed by atoms with Crippen LogP contribution in [-0.4, -0.2) is 19.0 Å². The van der Waals surface area contributed by atoms with Gasteiger partial charge in [-0.05, 0) is 31.0 Å². The number of cyclic esters (lactones) is 2. The van der Waals surface area contributed by atoms with Crippen LogP contribution in [0.15, 0.2) is 12.1 Å². The molecule has 4 nitrogen and oxygen atoms in total. The smallest absolute Gasteiger partial charge is 0.314 e. The summed E-state index contributed by atoms with van der Waals surface area (Å²) in [5.41, 5.74) is 2.57. The zero-order valence-electron chi connectivity index (χ0n) is 11.7. The van der Waals surface area contributed by atoms with Crippen molar-refractivity contribution >= 4 is 11.9 Å². The molecule has 1 saturated heterocycles. The molecule has 1 aliphatic heterocycles. The monoisotopic (exact) mass is 262 g/mol. The summed E-state index contributed by atoms with van der Waals surface area (Å²) in [7, 11) is 1.60. The van der Waals surface area contributed by atoms with Gasteiger partial charge >= 0.3 is 11.9 Å².